The summed E-state index contributed by atoms with van der Waals surface area (Å²) in [6, 6.07) is 0. The molecule has 1 N–H and O–H groups in total. The van der Waals surface area contributed by atoms with Crippen molar-refractivity contribution in [1.82, 2.24) is 5.32 Å². The van der Waals surface area contributed by atoms with Crippen molar-refractivity contribution >= 4 is 0 Å². The van der Waals surface area contributed by atoms with Crippen LogP contribution < -0.4 is 5.32 Å². The monoisotopic (exact) mass is 135 g/mol. The Bertz CT molecular complexity index is 104. The quantitative estimate of drug-likeness (QED) is 0.621. The van der Waals surface area contributed by atoms with Crippen LogP contribution >= 0.6 is 0 Å². The molecule has 0 radical (unpaired) electrons. The maximum Gasteiger partial charge on any atom is 0.262 e. The Morgan fingerprint density at radius 1 is 1.67 bits per heavy atom. The largest absolute Gasteiger partial charge is 0.383 e. The van der Waals surface area contributed by atoms with Crippen LogP contribution in [0.4, 0.5) is 8.78 Å². The molecule has 0 spiro atoms. The Kier molecular flexibility index (Phi) is 2.62. The molecule has 0 saturated heterocycles. The van der Waals surface area contributed by atoms with Gasteiger partial charge >= 0.3 is 0 Å². The van der Waals surface area contributed by atoms with Crippen LogP contribution in [-0.4, -0.2) is 12.5 Å². The molecule has 54 valence electrons. The predicted octanol–water partition coefficient (Wildman–Crippen LogP) is 1.76. The summed E-state index contributed by atoms with van der Waals surface area (Å²) in [4.78, 5) is 0. The zero-order chi connectivity index (χ0) is 7.49. The molecule has 0 aromatic carbocycles. The number of nitrogens with one attached hydrogen (secondary N) is 1. The minimum atomic E-state index is -2.64. The van der Waals surface area contributed by atoms with Crippen molar-refractivity contribution in [3.8, 4) is 0 Å². The molecule has 0 unspecified atom stereocenters. The van der Waals surface area contributed by atoms with Crippen LogP contribution in [0.25, 0.3) is 0 Å². The average Bonchev–Trinajstić information content (AvgIpc) is 1.59. The van der Waals surface area contributed by atoms with Crippen LogP contribution in [0.2, 0.25) is 0 Å². The third-order valence-electron chi connectivity index (χ3n) is 0.701. The number of hydrogen-bond donors (Lipinski definition) is 1. The van der Waals surface area contributed by atoms with Gasteiger partial charge in [-0.05, 0) is 6.92 Å². The fraction of sp³-hybridized carbons (Fsp3) is 0.667. The van der Waals surface area contributed by atoms with E-state index in [9.17, 15) is 8.78 Å². The summed E-state index contributed by atoms with van der Waals surface area (Å²) >= 11 is 0. The van der Waals surface area contributed by atoms with Gasteiger partial charge in [0.05, 0.1) is 6.54 Å². The minimum absolute atomic E-state index is 0.331. The number of hydrogen-bond acceptors (Lipinski definition) is 1. The first-order valence-corrected chi connectivity index (χ1v) is 2.69. The fourth-order valence-electron chi connectivity index (χ4n) is 0.306. The molecule has 0 bridgehead atoms. The van der Waals surface area contributed by atoms with Crippen LogP contribution in [0.3, 0.4) is 0 Å². The predicted molar refractivity (Wildman–Crippen MR) is 33.4 cm³/mol. The molecule has 0 saturated carbocycles. The van der Waals surface area contributed by atoms with Crippen LogP contribution in [0, 0.1) is 0 Å². The molecule has 0 atom stereocenters. The summed E-state index contributed by atoms with van der Waals surface area (Å²) in [5.41, 5.74) is 0.566. The van der Waals surface area contributed by atoms with E-state index in [4.69, 9.17) is 0 Å². The molecule has 0 aromatic rings. The van der Waals surface area contributed by atoms with Crippen molar-refractivity contribution in [2.45, 2.75) is 19.8 Å². The number of alkyl halides is 2. The van der Waals surface area contributed by atoms with E-state index in [1.807, 2.05) is 0 Å². The van der Waals surface area contributed by atoms with Crippen molar-refractivity contribution < 1.29 is 8.78 Å². The van der Waals surface area contributed by atoms with E-state index < -0.39 is 5.92 Å². The molecule has 0 amide bonds. The highest BCUT2D eigenvalue weighted by Gasteiger charge is 2.19. The lowest BCUT2D eigenvalue weighted by Crippen LogP contribution is -2.28. The highest BCUT2D eigenvalue weighted by molar-refractivity contribution is 4.85. The van der Waals surface area contributed by atoms with Gasteiger partial charge in [0, 0.05) is 12.6 Å². The van der Waals surface area contributed by atoms with Gasteiger partial charge in [0.15, 0.2) is 0 Å². The smallest absolute Gasteiger partial charge is 0.262 e. The number of halogens is 2. The van der Waals surface area contributed by atoms with Crippen LogP contribution in [-0.2, 0) is 0 Å². The maximum absolute atomic E-state index is 12.0. The second-order valence-corrected chi connectivity index (χ2v) is 2.20. The second kappa shape index (κ2) is 2.80. The topological polar surface area (TPSA) is 12.0 Å². The van der Waals surface area contributed by atoms with Gasteiger partial charge in [-0.2, -0.15) is 0 Å². The van der Waals surface area contributed by atoms with Crippen LogP contribution in [0.5, 0.6) is 0 Å². The molecule has 1 nitrogen and oxygen atoms in total. The average molecular weight is 135 g/mol. The molecule has 0 rings (SSSR count). The maximum atomic E-state index is 12.0. The molecular formula is C6H11F2N. The Morgan fingerprint density at radius 2 is 2.11 bits per heavy atom. The van der Waals surface area contributed by atoms with Gasteiger partial charge in [-0.1, -0.05) is 6.58 Å². The summed E-state index contributed by atoms with van der Waals surface area (Å²) in [6.45, 7) is 5.59. The Morgan fingerprint density at radius 3 is 2.22 bits per heavy atom. The van der Waals surface area contributed by atoms with Gasteiger partial charge in [-0.3, -0.25) is 0 Å². The van der Waals surface area contributed by atoms with E-state index in [1.165, 1.54) is 0 Å². The Balaban J connectivity index is 3.39. The first-order valence-electron chi connectivity index (χ1n) is 2.69. The van der Waals surface area contributed by atoms with E-state index in [2.05, 4.69) is 11.9 Å². The van der Waals surface area contributed by atoms with Crippen molar-refractivity contribution in [3.63, 3.8) is 0 Å². The molecule has 0 fully saturated rings. The zero-order valence-electron chi connectivity index (χ0n) is 5.67. The highest BCUT2D eigenvalue weighted by Crippen LogP contribution is 2.09. The van der Waals surface area contributed by atoms with E-state index in [1.54, 1.807) is 6.92 Å². The first-order chi connectivity index (χ1) is 3.92. The number of rotatable bonds is 3. The zero-order valence-corrected chi connectivity index (χ0v) is 5.67. The third-order valence-corrected chi connectivity index (χ3v) is 0.701. The summed E-state index contributed by atoms with van der Waals surface area (Å²) < 4.78 is 24.0. The molecule has 0 aromatic heterocycles. The summed E-state index contributed by atoms with van der Waals surface area (Å²) in [7, 11) is 0. The summed E-state index contributed by atoms with van der Waals surface area (Å²) in [5.74, 6) is -2.64. The van der Waals surface area contributed by atoms with Crippen molar-refractivity contribution in [2.24, 2.45) is 0 Å². The van der Waals surface area contributed by atoms with Crippen molar-refractivity contribution in [1.29, 1.82) is 0 Å². The third kappa shape index (κ3) is 7.40. The highest BCUT2D eigenvalue weighted by atomic mass is 19.3. The van der Waals surface area contributed by atoms with Gasteiger partial charge < -0.3 is 5.32 Å². The van der Waals surface area contributed by atoms with E-state index in [-0.39, 0.29) is 6.54 Å². The molecule has 0 heterocycles. The Hall–Kier alpha value is -0.600. The molecule has 0 aliphatic carbocycles. The van der Waals surface area contributed by atoms with Crippen molar-refractivity contribution in [2.75, 3.05) is 6.54 Å². The summed E-state index contributed by atoms with van der Waals surface area (Å²) in [5, 5.41) is 2.44. The SMILES string of the molecule is C=C(C)NCC(C)(F)F. The van der Waals surface area contributed by atoms with Crippen LogP contribution in [0.15, 0.2) is 12.3 Å². The standard InChI is InChI=1S/C6H11F2N/c1-5(2)9-4-6(3,7)8/h9H,1,4H2,2-3H3. The summed E-state index contributed by atoms with van der Waals surface area (Å²) in [6.07, 6.45) is 0. The van der Waals surface area contributed by atoms with Gasteiger partial charge in [0.25, 0.3) is 5.92 Å². The lowest BCUT2D eigenvalue weighted by Gasteiger charge is -2.11. The molecule has 0 aliphatic heterocycles. The second-order valence-electron chi connectivity index (χ2n) is 2.20. The van der Waals surface area contributed by atoms with Crippen molar-refractivity contribution in [3.05, 3.63) is 12.3 Å². The van der Waals surface area contributed by atoms with Gasteiger partial charge in [-0.25, -0.2) is 8.78 Å². The molecule has 9 heavy (non-hydrogen) atoms. The Labute approximate surface area is 53.8 Å². The lowest BCUT2D eigenvalue weighted by atomic mass is 10.4. The van der Waals surface area contributed by atoms with Gasteiger partial charge in [-0.15, -0.1) is 0 Å². The van der Waals surface area contributed by atoms with Gasteiger partial charge in [0.2, 0.25) is 0 Å². The lowest BCUT2D eigenvalue weighted by molar-refractivity contribution is 0.0252. The molecule has 3 heteroatoms. The van der Waals surface area contributed by atoms with E-state index in [0.29, 0.717) is 5.70 Å². The normalized spacial score (nSPS) is 11.1. The molecular weight excluding hydrogens is 124 g/mol. The minimum Gasteiger partial charge on any atom is -0.383 e. The van der Waals surface area contributed by atoms with Gasteiger partial charge in [0.1, 0.15) is 0 Å². The molecule has 0 aliphatic rings. The van der Waals surface area contributed by atoms with E-state index in [0.717, 1.165) is 6.92 Å². The first kappa shape index (κ1) is 8.40. The fourth-order valence-corrected chi connectivity index (χ4v) is 0.306. The van der Waals surface area contributed by atoms with E-state index >= 15 is 0 Å². The van der Waals surface area contributed by atoms with Crippen LogP contribution in [0.1, 0.15) is 13.8 Å². The number of allylic oxidation sites excluding steroid dienone is 1.